The van der Waals surface area contributed by atoms with Gasteiger partial charge in [0.05, 0.1) is 11.4 Å². The van der Waals surface area contributed by atoms with E-state index in [1.165, 1.54) is 38.9 Å². The summed E-state index contributed by atoms with van der Waals surface area (Å²) in [5.41, 5.74) is 26.3. The van der Waals surface area contributed by atoms with Gasteiger partial charge >= 0.3 is 0 Å². The third-order valence-corrected chi connectivity index (χ3v) is 18.5. The van der Waals surface area contributed by atoms with Gasteiger partial charge in [-0.05, 0) is 132 Å². The number of rotatable bonds is 11. The monoisotopic (exact) mass is 1420 g/mol. The molecule has 4 heterocycles. The van der Waals surface area contributed by atoms with Crippen LogP contribution in [0.25, 0.3) is 77.9 Å². The number of benzene rings is 11. The molecular weight excluding hydrogens is 1350 g/mol. The molecule has 7 heteroatoms. The molecule has 11 aromatic carbocycles. The summed E-state index contributed by atoms with van der Waals surface area (Å²) in [5.74, 6) is 1.60. The van der Waals surface area contributed by atoms with Crippen molar-refractivity contribution in [2.24, 2.45) is 0 Å². The second kappa shape index (κ2) is 25.4. The zero-order valence-electron chi connectivity index (χ0n) is 55.7. The van der Waals surface area contributed by atoms with Crippen LogP contribution in [0.5, 0.6) is 0 Å². The van der Waals surface area contributed by atoms with Crippen LogP contribution in [0.15, 0.2) is 285 Å². The standard InChI is InChI=1S/C89H75N6.Pt/c1-87(2,3)68-45-47-90-84(56-68)95-81-41-25-24-38-79(81)77-36-22-23-37-78(77)80-44-43-72(58-83(80)95)94(71-34-20-13-21-35-71)74-55-65(62-32-18-12-19-33-62)54-73(57-74)92-59-93(82-42-27-46-91-86(82)92)85-75(66-48-63(60-28-14-10-15-29-60)50-69(52-66)88(4,5)6)39-26-40-76(85)67-49-64(61-30-16-11-17-31-61)51-70(53-67)89(7,8)9;/h10-56,59H,1-9H3;/q-3;. The summed E-state index contributed by atoms with van der Waals surface area (Å²) in [4.78, 5) is 19.8. The molecule has 0 unspecified atom stereocenters. The molecule has 2 aliphatic rings. The maximum absolute atomic E-state index is 5.35. The molecule has 15 rings (SSSR count). The SMILES string of the molecule is CC(C)(C)c1cc(-c2ccccc2)cc(-c2cccc(-c3cc(-c4ccccc4)cc(C(C)(C)C)c3)c2N2[CH-]N(c3[c-]c(N(c4[c-]c5c(cc4)-c4ccccc4-c4ccccc4N5c4cc(C(C)(C)C)ccn4)c4ccccc4)cc(-c4ccccc4)c3)c3ncccc32)c1.[Pt]. The molecule has 0 amide bonds. The van der Waals surface area contributed by atoms with Gasteiger partial charge in [-0.3, -0.25) is 0 Å². The molecule has 0 radical (unpaired) electrons. The normalized spacial score (nSPS) is 12.7. The van der Waals surface area contributed by atoms with Gasteiger partial charge in [-0.1, -0.05) is 279 Å². The summed E-state index contributed by atoms with van der Waals surface area (Å²) in [7, 11) is 0. The van der Waals surface area contributed by atoms with Crippen LogP contribution in [-0.4, -0.2) is 9.97 Å². The first-order valence-electron chi connectivity index (χ1n) is 32.9. The van der Waals surface area contributed by atoms with E-state index in [4.69, 9.17) is 9.97 Å². The number of hydrogen-bond acceptors (Lipinski definition) is 6. The Kier molecular flexibility index (Phi) is 16.7. The van der Waals surface area contributed by atoms with Crippen molar-refractivity contribution in [3.05, 3.63) is 321 Å². The molecule has 0 bridgehead atoms. The number of anilines is 10. The van der Waals surface area contributed by atoms with E-state index in [0.29, 0.717) is 0 Å². The van der Waals surface area contributed by atoms with E-state index in [9.17, 15) is 0 Å². The van der Waals surface area contributed by atoms with Crippen molar-refractivity contribution in [2.75, 3.05) is 19.6 Å². The Morgan fingerprint density at radius 3 is 1.41 bits per heavy atom. The maximum Gasteiger partial charge on any atom is 0.135 e. The summed E-state index contributed by atoms with van der Waals surface area (Å²) in [5, 5.41) is 0. The fourth-order valence-corrected chi connectivity index (χ4v) is 13.4. The van der Waals surface area contributed by atoms with Crippen LogP contribution in [0.2, 0.25) is 0 Å². The topological polar surface area (TPSA) is 38.7 Å². The summed E-state index contributed by atoms with van der Waals surface area (Å²) in [6.45, 7) is 22.9. The van der Waals surface area contributed by atoms with Gasteiger partial charge < -0.3 is 19.6 Å². The molecule has 6 nitrogen and oxygen atoms in total. The van der Waals surface area contributed by atoms with Gasteiger partial charge in [0, 0.05) is 61.5 Å². The molecule has 0 saturated heterocycles. The summed E-state index contributed by atoms with van der Waals surface area (Å²) < 4.78 is 0. The van der Waals surface area contributed by atoms with Crippen LogP contribution >= 0.6 is 0 Å². The van der Waals surface area contributed by atoms with Crippen LogP contribution in [0.3, 0.4) is 0 Å². The molecular formula is C89H75N6Pt-3. The number of para-hydroxylation sites is 3. The smallest absolute Gasteiger partial charge is 0.135 e. The van der Waals surface area contributed by atoms with Crippen LogP contribution in [0.1, 0.15) is 79.0 Å². The van der Waals surface area contributed by atoms with E-state index < -0.39 is 0 Å². The van der Waals surface area contributed by atoms with E-state index in [1.54, 1.807) is 0 Å². The number of aromatic nitrogens is 2. The Balaban J connectivity index is 0.00000792. The predicted octanol–water partition coefficient (Wildman–Crippen LogP) is 24.3. The Bertz CT molecular complexity index is 4890. The minimum atomic E-state index is -0.150. The summed E-state index contributed by atoms with van der Waals surface area (Å²) >= 11 is 0. The minimum absolute atomic E-state index is 0. The van der Waals surface area contributed by atoms with Crippen LogP contribution in [0, 0.1) is 18.8 Å². The van der Waals surface area contributed by atoms with Crippen molar-refractivity contribution in [1.29, 1.82) is 0 Å². The van der Waals surface area contributed by atoms with Gasteiger partial charge in [0.2, 0.25) is 0 Å². The predicted molar refractivity (Wildman–Crippen MR) is 398 cm³/mol. The maximum atomic E-state index is 5.35. The van der Waals surface area contributed by atoms with Gasteiger partial charge in [-0.25, -0.2) is 9.97 Å². The number of pyridine rings is 2. The largest absolute Gasteiger partial charge is 0.478 e. The first-order chi connectivity index (χ1) is 46.0. The Morgan fingerprint density at radius 1 is 0.344 bits per heavy atom. The minimum Gasteiger partial charge on any atom is -0.478 e. The molecule has 2 aromatic heterocycles. The molecule has 474 valence electrons. The summed E-state index contributed by atoms with van der Waals surface area (Å²) in [6.07, 6.45) is 3.86. The van der Waals surface area contributed by atoms with Crippen molar-refractivity contribution in [3.8, 4) is 77.9 Å². The van der Waals surface area contributed by atoms with Crippen LogP contribution in [-0.2, 0) is 37.3 Å². The quantitative estimate of drug-likeness (QED) is 0.120. The summed E-state index contributed by atoms with van der Waals surface area (Å²) in [6, 6.07) is 107. The molecule has 96 heavy (non-hydrogen) atoms. The first-order valence-corrected chi connectivity index (χ1v) is 32.9. The third kappa shape index (κ3) is 12.0. The third-order valence-electron chi connectivity index (χ3n) is 18.5. The zero-order chi connectivity index (χ0) is 65.2. The van der Waals surface area contributed by atoms with E-state index in [0.717, 1.165) is 113 Å². The van der Waals surface area contributed by atoms with E-state index in [1.807, 2.05) is 12.4 Å². The van der Waals surface area contributed by atoms with Gasteiger partial charge in [0.1, 0.15) is 11.6 Å². The fourth-order valence-electron chi connectivity index (χ4n) is 13.4. The first kappa shape index (κ1) is 63.0. The number of nitrogens with zero attached hydrogens (tertiary/aromatic N) is 6. The van der Waals surface area contributed by atoms with Gasteiger partial charge in [-0.15, -0.1) is 53.8 Å². The number of hydrogen-bond donors (Lipinski definition) is 0. The van der Waals surface area contributed by atoms with Crippen molar-refractivity contribution in [1.82, 2.24) is 9.97 Å². The molecule has 0 spiro atoms. The molecule has 0 atom stereocenters. The average molecular weight is 1420 g/mol. The second-order valence-electron chi connectivity index (χ2n) is 28.1. The van der Waals surface area contributed by atoms with E-state index in [-0.39, 0.29) is 37.3 Å². The Labute approximate surface area is 581 Å². The van der Waals surface area contributed by atoms with Crippen molar-refractivity contribution >= 4 is 57.1 Å². The van der Waals surface area contributed by atoms with Crippen molar-refractivity contribution in [3.63, 3.8) is 0 Å². The van der Waals surface area contributed by atoms with E-state index in [2.05, 4.69) is 374 Å². The van der Waals surface area contributed by atoms with Gasteiger partial charge in [0.15, 0.2) is 0 Å². The molecule has 0 fully saturated rings. The van der Waals surface area contributed by atoms with E-state index >= 15 is 0 Å². The van der Waals surface area contributed by atoms with Gasteiger partial charge in [-0.2, -0.15) is 6.07 Å². The average Bonchev–Trinajstić information content (AvgIpc) is 1.56. The molecule has 0 N–H and O–H groups in total. The Hall–Kier alpha value is -10.4. The Morgan fingerprint density at radius 2 is 0.833 bits per heavy atom. The fraction of sp³-hybridized carbons (Fsp3) is 0.135. The molecule has 2 aliphatic heterocycles. The second-order valence-corrected chi connectivity index (χ2v) is 28.1. The van der Waals surface area contributed by atoms with Crippen molar-refractivity contribution < 1.29 is 21.1 Å². The molecule has 13 aromatic rings. The van der Waals surface area contributed by atoms with Crippen LogP contribution < -0.4 is 19.6 Å². The van der Waals surface area contributed by atoms with Gasteiger partial charge in [0.25, 0.3) is 0 Å². The zero-order valence-corrected chi connectivity index (χ0v) is 58.0. The number of fused-ring (bicyclic) bond motifs is 6. The molecule has 0 saturated carbocycles. The van der Waals surface area contributed by atoms with Crippen molar-refractivity contribution in [2.45, 2.75) is 78.6 Å². The molecule has 0 aliphatic carbocycles. The van der Waals surface area contributed by atoms with Crippen LogP contribution in [0.4, 0.5) is 57.1 Å².